The van der Waals surface area contributed by atoms with E-state index in [-0.39, 0.29) is 11.9 Å². The van der Waals surface area contributed by atoms with Crippen LogP contribution in [0.4, 0.5) is 0 Å². The molecule has 2 aromatic carbocycles. The third kappa shape index (κ3) is 4.75. The van der Waals surface area contributed by atoms with Crippen LogP contribution in [-0.2, 0) is 15.8 Å². The number of hydrogen-bond donors (Lipinski definition) is 1. The van der Waals surface area contributed by atoms with Gasteiger partial charge in [-0.05, 0) is 42.5 Å². The number of benzene rings is 2. The Morgan fingerprint density at radius 3 is 2.70 bits per heavy atom. The summed E-state index contributed by atoms with van der Waals surface area (Å²) in [4.78, 5) is 0. The molecule has 0 spiro atoms. The van der Waals surface area contributed by atoms with Crippen molar-refractivity contribution in [3.05, 3.63) is 47.5 Å². The summed E-state index contributed by atoms with van der Waals surface area (Å²) in [5.74, 6) is 1.97. The van der Waals surface area contributed by atoms with Crippen LogP contribution in [0.15, 0.2) is 36.4 Å². The van der Waals surface area contributed by atoms with Crippen LogP contribution >= 0.6 is 11.6 Å². The largest absolute Gasteiger partial charge is 0.496 e. The molecular weight excluding hydrogens is 386 g/mol. The first kappa shape index (κ1) is 20.0. The summed E-state index contributed by atoms with van der Waals surface area (Å²) < 4.78 is 34.8. The maximum Gasteiger partial charge on any atom is 0.213 e. The van der Waals surface area contributed by atoms with Gasteiger partial charge in [-0.25, -0.2) is 13.6 Å². The molecule has 1 aliphatic rings. The molecule has 1 unspecified atom stereocenters. The molecule has 0 aliphatic carbocycles. The topological polar surface area (TPSA) is 78.6 Å². The second-order valence-electron chi connectivity index (χ2n) is 6.71. The van der Waals surface area contributed by atoms with Crippen LogP contribution in [0.1, 0.15) is 42.9 Å². The van der Waals surface area contributed by atoms with E-state index in [1.807, 2.05) is 30.3 Å². The number of primary sulfonamides is 1. The molecule has 0 radical (unpaired) electrons. The van der Waals surface area contributed by atoms with Crippen LogP contribution in [0.2, 0.25) is 0 Å². The predicted octanol–water partition coefficient (Wildman–Crippen LogP) is 4.38. The molecule has 0 aromatic heterocycles. The summed E-state index contributed by atoms with van der Waals surface area (Å²) in [5.41, 5.74) is 3.53. The number of rotatable bonds is 8. The highest BCUT2D eigenvalue weighted by atomic mass is 35.5. The van der Waals surface area contributed by atoms with Crippen molar-refractivity contribution in [1.29, 1.82) is 0 Å². The Hall–Kier alpha value is -1.76. The molecule has 1 atom stereocenters. The number of fused-ring (bicyclic) bond motifs is 3. The van der Waals surface area contributed by atoms with Gasteiger partial charge in [0.2, 0.25) is 10.0 Å². The summed E-state index contributed by atoms with van der Waals surface area (Å²) in [6, 6.07) is 11.4. The average Bonchev–Trinajstić information content (AvgIpc) is 2.63. The third-order valence-electron chi connectivity index (χ3n) is 4.68. The molecule has 0 saturated heterocycles. The van der Waals surface area contributed by atoms with Gasteiger partial charge in [-0.1, -0.05) is 30.7 Å². The highest BCUT2D eigenvalue weighted by molar-refractivity contribution is 7.88. The number of halogens is 1. The fourth-order valence-electron chi connectivity index (χ4n) is 3.51. The van der Waals surface area contributed by atoms with Crippen LogP contribution in [0.3, 0.4) is 0 Å². The number of sulfonamides is 1. The summed E-state index contributed by atoms with van der Waals surface area (Å²) in [5, 5.41) is 5.22. The Kier molecular flexibility index (Phi) is 6.29. The average molecular weight is 410 g/mol. The van der Waals surface area contributed by atoms with E-state index in [0.717, 1.165) is 53.9 Å². The SMILES string of the molecule is COc1cccc2c1-c1ccc(CS(N)(=O)=O)cc1C(CCCCCCl)O2. The molecule has 0 amide bonds. The van der Waals surface area contributed by atoms with Crippen molar-refractivity contribution in [2.45, 2.75) is 37.5 Å². The number of ether oxygens (including phenoxy) is 2. The van der Waals surface area contributed by atoms with Gasteiger partial charge in [0.15, 0.2) is 0 Å². The zero-order valence-electron chi connectivity index (χ0n) is 15.3. The highest BCUT2D eigenvalue weighted by Crippen LogP contribution is 2.48. The van der Waals surface area contributed by atoms with Crippen molar-refractivity contribution >= 4 is 21.6 Å². The monoisotopic (exact) mass is 409 g/mol. The maximum absolute atomic E-state index is 11.5. The second kappa shape index (κ2) is 8.50. The van der Waals surface area contributed by atoms with E-state index in [1.54, 1.807) is 13.2 Å². The third-order valence-corrected chi connectivity index (χ3v) is 5.68. The van der Waals surface area contributed by atoms with Crippen LogP contribution in [0.25, 0.3) is 11.1 Å². The Balaban J connectivity index is 2.01. The highest BCUT2D eigenvalue weighted by Gasteiger charge is 2.28. The summed E-state index contributed by atoms with van der Waals surface area (Å²) in [7, 11) is -1.97. The number of unbranched alkanes of at least 4 members (excludes halogenated alkanes) is 2. The molecule has 0 saturated carbocycles. The van der Waals surface area contributed by atoms with E-state index in [4.69, 9.17) is 26.2 Å². The van der Waals surface area contributed by atoms with Crippen LogP contribution in [0, 0.1) is 0 Å². The zero-order chi connectivity index (χ0) is 19.4. The molecule has 1 aliphatic heterocycles. The van der Waals surface area contributed by atoms with E-state index in [0.29, 0.717) is 11.4 Å². The Morgan fingerprint density at radius 1 is 1.19 bits per heavy atom. The number of hydrogen-bond acceptors (Lipinski definition) is 4. The van der Waals surface area contributed by atoms with Crippen molar-refractivity contribution in [3.63, 3.8) is 0 Å². The van der Waals surface area contributed by atoms with Gasteiger partial charge in [-0.15, -0.1) is 11.6 Å². The minimum Gasteiger partial charge on any atom is -0.496 e. The first-order chi connectivity index (χ1) is 12.9. The fraction of sp³-hybridized carbons (Fsp3) is 0.400. The van der Waals surface area contributed by atoms with E-state index in [9.17, 15) is 8.42 Å². The normalized spacial score (nSPS) is 15.6. The van der Waals surface area contributed by atoms with E-state index >= 15 is 0 Å². The quantitative estimate of drug-likeness (QED) is 0.518. The summed E-state index contributed by atoms with van der Waals surface area (Å²) in [6.07, 6.45) is 3.67. The molecule has 0 bridgehead atoms. The van der Waals surface area contributed by atoms with Gasteiger partial charge in [0.05, 0.1) is 18.4 Å². The van der Waals surface area contributed by atoms with E-state index in [2.05, 4.69) is 0 Å². The minimum atomic E-state index is -3.60. The van der Waals surface area contributed by atoms with Gasteiger partial charge in [0.1, 0.15) is 17.6 Å². The fourth-order valence-corrected chi connectivity index (χ4v) is 4.34. The smallest absolute Gasteiger partial charge is 0.213 e. The lowest BCUT2D eigenvalue weighted by Gasteiger charge is -2.30. The number of nitrogens with two attached hydrogens (primary N) is 1. The van der Waals surface area contributed by atoms with Crippen LogP contribution in [0.5, 0.6) is 11.5 Å². The molecule has 1 heterocycles. The molecule has 2 aromatic rings. The van der Waals surface area contributed by atoms with Gasteiger partial charge < -0.3 is 9.47 Å². The second-order valence-corrected chi connectivity index (χ2v) is 8.70. The Labute approximate surface area is 165 Å². The first-order valence-electron chi connectivity index (χ1n) is 8.96. The molecule has 3 rings (SSSR count). The zero-order valence-corrected chi connectivity index (χ0v) is 16.9. The van der Waals surface area contributed by atoms with Crippen molar-refractivity contribution in [3.8, 4) is 22.6 Å². The summed E-state index contributed by atoms with van der Waals surface area (Å²) in [6.45, 7) is 0. The van der Waals surface area contributed by atoms with Crippen molar-refractivity contribution in [2.75, 3.05) is 13.0 Å². The maximum atomic E-state index is 11.5. The molecule has 2 N–H and O–H groups in total. The molecule has 146 valence electrons. The molecular formula is C20H24ClNO4S. The van der Waals surface area contributed by atoms with Crippen LogP contribution in [-0.4, -0.2) is 21.4 Å². The van der Waals surface area contributed by atoms with Gasteiger partial charge >= 0.3 is 0 Å². The lowest BCUT2D eigenvalue weighted by molar-refractivity contribution is 0.186. The summed E-state index contributed by atoms with van der Waals surface area (Å²) >= 11 is 5.77. The first-order valence-corrected chi connectivity index (χ1v) is 11.2. The van der Waals surface area contributed by atoms with Crippen molar-refractivity contribution < 1.29 is 17.9 Å². The van der Waals surface area contributed by atoms with Gasteiger partial charge in [-0.3, -0.25) is 0 Å². The Morgan fingerprint density at radius 2 is 2.00 bits per heavy atom. The van der Waals surface area contributed by atoms with Crippen molar-refractivity contribution in [2.24, 2.45) is 5.14 Å². The molecule has 0 fully saturated rings. The number of alkyl halides is 1. The lowest BCUT2D eigenvalue weighted by atomic mass is 9.89. The standard InChI is InChI=1S/C20H24ClNO4S/c1-25-18-7-5-8-19-20(18)15-10-9-14(13-27(22,23)24)12-16(15)17(26-19)6-3-2-4-11-21/h5,7-10,12,17H,2-4,6,11,13H2,1H3,(H2,22,23,24). The van der Waals surface area contributed by atoms with Gasteiger partial charge in [0, 0.05) is 11.4 Å². The Bertz CT molecular complexity index is 914. The molecule has 27 heavy (non-hydrogen) atoms. The van der Waals surface area contributed by atoms with Crippen molar-refractivity contribution in [1.82, 2.24) is 0 Å². The lowest BCUT2D eigenvalue weighted by Crippen LogP contribution is -2.17. The minimum absolute atomic E-state index is 0.143. The van der Waals surface area contributed by atoms with Gasteiger partial charge in [-0.2, -0.15) is 0 Å². The molecule has 5 nitrogen and oxygen atoms in total. The van der Waals surface area contributed by atoms with E-state index in [1.165, 1.54) is 0 Å². The van der Waals surface area contributed by atoms with Crippen LogP contribution < -0.4 is 14.6 Å². The number of methoxy groups -OCH3 is 1. The van der Waals surface area contributed by atoms with E-state index < -0.39 is 10.0 Å². The predicted molar refractivity (Wildman–Crippen MR) is 108 cm³/mol. The van der Waals surface area contributed by atoms with Gasteiger partial charge in [0.25, 0.3) is 0 Å². The molecule has 7 heteroatoms.